The first-order chi connectivity index (χ1) is 18.1. The second-order valence-electron chi connectivity index (χ2n) is 10.0. The number of hydrogen-bond donors (Lipinski definition) is 1. The number of carbonyl (C=O) groups excluding carboxylic acids is 2. The Labute approximate surface area is 223 Å². The molecule has 0 aliphatic heterocycles. The van der Waals surface area contributed by atoms with Gasteiger partial charge in [-0.15, -0.1) is 0 Å². The molecule has 2 rings (SSSR count). The Morgan fingerprint density at radius 1 is 0.676 bits per heavy atom. The van der Waals surface area contributed by atoms with E-state index in [9.17, 15) is 14.7 Å². The number of benzene rings is 2. The van der Waals surface area contributed by atoms with Crippen LogP contribution in [0.15, 0.2) is 60.7 Å². The van der Waals surface area contributed by atoms with E-state index in [0.717, 1.165) is 19.3 Å². The van der Waals surface area contributed by atoms with Crippen LogP contribution in [0.5, 0.6) is 0 Å². The van der Waals surface area contributed by atoms with Crippen LogP contribution in [0, 0.1) is 5.92 Å². The van der Waals surface area contributed by atoms with Crippen LogP contribution in [0.25, 0.3) is 0 Å². The molecule has 2 aromatic rings. The van der Waals surface area contributed by atoms with Crippen LogP contribution in [0.2, 0.25) is 0 Å². The van der Waals surface area contributed by atoms with E-state index in [-0.39, 0.29) is 18.9 Å². The van der Waals surface area contributed by atoms with Gasteiger partial charge in [-0.1, -0.05) is 114 Å². The van der Waals surface area contributed by atoms with Crippen LogP contribution in [0.3, 0.4) is 0 Å². The van der Waals surface area contributed by atoms with Gasteiger partial charge in [0.1, 0.15) is 12.2 Å². The molecular formula is C32H46O5. The minimum atomic E-state index is -0.733. The number of carbonyl (C=O) groups is 2. The quantitative estimate of drug-likeness (QED) is 0.154. The van der Waals surface area contributed by atoms with Gasteiger partial charge in [-0.25, -0.2) is 9.59 Å². The first-order valence-electron chi connectivity index (χ1n) is 14.2. The topological polar surface area (TPSA) is 72.8 Å². The van der Waals surface area contributed by atoms with E-state index in [2.05, 4.69) is 6.92 Å². The fourth-order valence-corrected chi connectivity index (χ4v) is 4.64. The van der Waals surface area contributed by atoms with Gasteiger partial charge >= 0.3 is 11.9 Å². The number of aliphatic hydroxyl groups is 1. The van der Waals surface area contributed by atoms with Crippen molar-refractivity contribution in [3.8, 4) is 0 Å². The monoisotopic (exact) mass is 510 g/mol. The molecule has 0 radical (unpaired) electrons. The van der Waals surface area contributed by atoms with Crippen molar-refractivity contribution < 1.29 is 24.2 Å². The van der Waals surface area contributed by atoms with Crippen molar-refractivity contribution >= 4 is 11.9 Å². The zero-order valence-electron chi connectivity index (χ0n) is 22.8. The summed E-state index contributed by atoms with van der Waals surface area (Å²) in [5.41, 5.74) is 0.886. The summed E-state index contributed by atoms with van der Waals surface area (Å²) in [6, 6.07) is 17.6. The molecule has 0 saturated carbocycles. The van der Waals surface area contributed by atoms with Gasteiger partial charge in [0.05, 0.1) is 11.1 Å². The summed E-state index contributed by atoms with van der Waals surface area (Å²) in [5, 5.41) is 9.73. The molecule has 0 spiro atoms. The molecule has 0 aliphatic carbocycles. The molecule has 0 saturated heterocycles. The maximum absolute atomic E-state index is 12.9. The summed E-state index contributed by atoms with van der Waals surface area (Å²) < 4.78 is 11.8. The molecule has 0 fully saturated rings. The van der Waals surface area contributed by atoms with Crippen molar-refractivity contribution in [2.75, 3.05) is 6.61 Å². The summed E-state index contributed by atoms with van der Waals surface area (Å²) in [6.45, 7) is 4.11. The Morgan fingerprint density at radius 2 is 1.14 bits per heavy atom. The third kappa shape index (κ3) is 12.0. The Balaban J connectivity index is 1.97. The lowest BCUT2D eigenvalue weighted by molar-refractivity contribution is -0.0614. The van der Waals surface area contributed by atoms with Gasteiger partial charge < -0.3 is 14.6 Å². The molecule has 3 atom stereocenters. The van der Waals surface area contributed by atoms with Crippen LogP contribution >= 0.6 is 0 Å². The average molecular weight is 511 g/mol. The van der Waals surface area contributed by atoms with Crippen molar-refractivity contribution in [3.63, 3.8) is 0 Å². The molecule has 0 bridgehead atoms. The van der Waals surface area contributed by atoms with Gasteiger partial charge in [0.2, 0.25) is 0 Å². The van der Waals surface area contributed by atoms with Gasteiger partial charge in [-0.05, 0) is 36.6 Å². The fraction of sp³-hybridized carbons (Fsp3) is 0.562. The molecular weight excluding hydrogens is 464 g/mol. The second-order valence-corrected chi connectivity index (χ2v) is 10.0. The van der Waals surface area contributed by atoms with Crippen molar-refractivity contribution in [1.82, 2.24) is 0 Å². The van der Waals surface area contributed by atoms with Crippen molar-refractivity contribution in [1.29, 1.82) is 0 Å². The first-order valence-corrected chi connectivity index (χ1v) is 14.2. The molecule has 0 amide bonds. The van der Waals surface area contributed by atoms with E-state index in [0.29, 0.717) is 11.1 Å². The Bertz CT molecular complexity index is 867. The van der Waals surface area contributed by atoms with Gasteiger partial charge in [-0.2, -0.15) is 0 Å². The molecule has 0 aromatic heterocycles. The lowest BCUT2D eigenvalue weighted by Gasteiger charge is -2.31. The van der Waals surface area contributed by atoms with Crippen molar-refractivity contribution in [2.45, 2.75) is 103 Å². The van der Waals surface area contributed by atoms with Crippen molar-refractivity contribution in [2.24, 2.45) is 5.92 Å². The van der Waals surface area contributed by atoms with Crippen LogP contribution < -0.4 is 0 Å². The summed E-state index contributed by atoms with van der Waals surface area (Å²) in [7, 11) is 0. The lowest BCUT2D eigenvalue weighted by Crippen LogP contribution is -2.40. The highest BCUT2D eigenvalue weighted by molar-refractivity contribution is 5.90. The van der Waals surface area contributed by atoms with Gasteiger partial charge in [0.15, 0.2) is 0 Å². The number of ether oxygens (including phenoxy) is 2. The second kappa shape index (κ2) is 18.6. The molecule has 0 aliphatic rings. The largest absolute Gasteiger partial charge is 0.455 e. The molecule has 1 unspecified atom stereocenters. The Kier molecular flexibility index (Phi) is 15.3. The minimum absolute atomic E-state index is 0.0261. The van der Waals surface area contributed by atoms with Crippen LogP contribution in [0.4, 0.5) is 0 Å². The van der Waals surface area contributed by atoms with E-state index in [4.69, 9.17) is 9.47 Å². The lowest BCUT2D eigenvalue weighted by atomic mass is 9.91. The maximum Gasteiger partial charge on any atom is 0.338 e. The zero-order chi connectivity index (χ0) is 26.7. The predicted molar refractivity (Wildman–Crippen MR) is 149 cm³/mol. The third-order valence-corrected chi connectivity index (χ3v) is 6.87. The van der Waals surface area contributed by atoms with E-state index in [1.165, 1.54) is 51.4 Å². The first kappa shape index (κ1) is 30.6. The number of unbranched alkanes of at least 4 members (excludes halogenated alkanes) is 9. The SMILES string of the molecule is CCCCCCCCCCCCC(C)[C@@H](OC(=O)c1ccccc1)[C@H](CCO)OC(=O)c1ccccc1. The van der Waals surface area contributed by atoms with Crippen molar-refractivity contribution in [3.05, 3.63) is 71.8 Å². The van der Waals surface area contributed by atoms with Gasteiger partial charge in [-0.3, -0.25) is 0 Å². The summed E-state index contributed by atoms with van der Waals surface area (Å²) in [5.74, 6) is -0.952. The molecule has 37 heavy (non-hydrogen) atoms. The van der Waals surface area contributed by atoms with Crippen LogP contribution in [0.1, 0.15) is 112 Å². The predicted octanol–water partition coefficient (Wildman–Crippen LogP) is 7.77. The maximum atomic E-state index is 12.9. The van der Waals surface area contributed by atoms with E-state index < -0.39 is 24.1 Å². The summed E-state index contributed by atoms with van der Waals surface area (Å²) >= 11 is 0. The normalized spacial score (nSPS) is 13.5. The molecule has 0 heterocycles. The van der Waals surface area contributed by atoms with E-state index in [1.807, 2.05) is 19.1 Å². The Hall–Kier alpha value is -2.66. The number of esters is 2. The average Bonchev–Trinajstić information content (AvgIpc) is 2.93. The third-order valence-electron chi connectivity index (χ3n) is 6.87. The highest BCUT2D eigenvalue weighted by Crippen LogP contribution is 2.25. The summed E-state index contributed by atoms with van der Waals surface area (Å²) in [4.78, 5) is 25.8. The highest BCUT2D eigenvalue weighted by atomic mass is 16.6. The standard InChI is InChI=1S/C32H46O5/c1-3-4-5-6-7-8-9-10-11-14-19-26(2)30(37-32(35)28-22-17-13-18-23-28)29(24-25-33)36-31(34)27-20-15-12-16-21-27/h12-13,15-18,20-23,26,29-30,33H,3-11,14,19,24-25H2,1-2H3/t26?,29-,30+/m0/s1. The summed E-state index contributed by atoms with van der Waals surface area (Å²) in [6.07, 6.45) is 12.2. The highest BCUT2D eigenvalue weighted by Gasteiger charge is 2.33. The van der Waals surface area contributed by atoms with E-state index >= 15 is 0 Å². The molecule has 2 aromatic carbocycles. The minimum Gasteiger partial charge on any atom is -0.455 e. The fourth-order valence-electron chi connectivity index (χ4n) is 4.64. The number of rotatable bonds is 19. The van der Waals surface area contributed by atoms with Crippen LogP contribution in [-0.2, 0) is 9.47 Å². The number of hydrogen-bond acceptors (Lipinski definition) is 5. The zero-order valence-corrected chi connectivity index (χ0v) is 22.8. The Morgan fingerprint density at radius 3 is 1.62 bits per heavy atom. The molecule has 204 valence electrons. The van der Waals surface area contributed by atoms with Gasteiger partial charge in [0, 0.05) is 13.0 Å². The number of aliphatic hydroxyl groups excluding tert-OH is 1. The molecule has 5 heteroatoms. The molecule has 1 N–H and O–H groups in total. The molecule has 5 nitrogen and oxygen atoms in total. The smallest absolute Gasteiger partial charge is 0.338 e. The van der Waals surface area contributed by atoms with E-state index in [1.54, 1.807) is 48.5 Å². The van der Waals surface area contributed by atoms with Crippen LogP contribution in [-0.4, -0.2) is 35.9 Å². The van der Waals surface area contributed by atoms with Gasteiger partial charge in [0.25, 0.3) is 0 Å².